The molecule has 20 heavy (non-hydrogen) atoms. The van der Waals surface area contributed by atoms with E-state index in [1.165, 1.54) is 0 Å². The molecule has 0 saturated carbocycles. The molecule has 1 amide bonds. The highest BCUT2D eigenvalue weighted by Crippen LogP contribution is 2.32. The molecule has 1 aliphatic rings. The number of halogens is 3. The van der Waals surface area contributed by atoms with Crippen LogP contribution in [0.1, 0.15) is 22.5 Å². The van der Waals surface area contributed by atoms with Crippen molar-refractivity contribution in [2.24, 2.45) is 5.92 Å². The molecule has 1 fully saturated rings. The summed E-state index contributed by atoms with van der Waals surface area (Å²) in [4.78, 5) is 27.4. The predicted molar refractivity (Wildman–Crippen MR) is 60.9 cm³/mol. The largest absolute Gasteiger partial charge is 0.481 e. The third kappa shape index (κ3) is 2.73. The number of hydrogen-bond acceptors (Lipinski definition) is 3. The van der Waals surface area contributed by atoms with Crippen molar-refractivity contribution in [3.05, 3.63) is 29.6 Å². The molecular weight excluding hydrogens is 277 g/mol. The number of carbonyl (C=O) groups is 2. The number of hydrogen-bond donors (Lipinski definition) is 1. The van der Waals surface area contributed by atoms with Gasteiger partial charge >= 0.3 is 12.1 Å². The van der Waals surface area contributed by atoms with Crippen LogP contribution in [0, 0.1) is 5.92 Å². The van der Waals surface area contributed by atoms with Gasteiger partial charge in [0.1, 0.15) is 5.69 Å². The standard InChI is InChI=1S/C12H11F3N2O3/c13-12(14,15)8-2-1-4-16-9(8)10(18)17-5-3-7(6-17)11(19)20/h1-2,4,7H,3,5-6H2,(H,19,20). The van der Waals surface area contributed by atoms with Gasteiger partial charge in [0.2, 0.25) is 0 Å². The Balaban J connectivity index is 2.25. The van der Waals surface area contributed by atoms with Crippen LogP contribution in [0.25, 0.3) is 0 Å². The minimum atomic E-state index is -4.68. The number of alkyl halides is 3. The zero-order valence-corrected chi connectivity index (χ0v) is 10.2. The first-order chi connectivity index (χ1) is 9.30. The van der Waals surface area contributed by atoms with E-state index in [0.29, 0.717) is 0 Å². The lowest BCUT2D eigenvalue weighted by Crippen LogP contribution is -2.32. The maximum absolute atomic E-state index is 12.8. The van der Waals surface area contributed by atoms with E-state index >= 15 is 0 Å². The topological polar surface area (TPSA) is 70.5 Å². The minimum absolute atomic E-state index is 0.0952. The van der Waals surface area contributed by atoms with Crippen LogP contribution in [0.3, 0.4) is 0 Å². The van der Waals surface area contributed by atoms with Gasteiger partial charge in [0.25, 0.3) is 5.91 Å². The summed E-state index contributed by atoms with van der Waals surface area (Å²) in [6, 6.07) is 1.88. The number of aliphatic carboxylic acids is 1. The van der Waals surface area contributed by atoms with Crippen LogP contribution < -0.4 is 0 Å². The average molecular weight is 288 g/mol. The van der Waals surface area contributed by atoms with Gasteiger partial charge in [0.05, 0.1) is 11.5 Å². The van der Waals surface area contributed by atoms with Crippen molar-refractivity contribution in [3.8, 4) is 0 Å². The Labute approximate surface area is 112 Å². The van der Waals surface area contributed by atoms with Crippen molar-refractivity contribution in [3.63, 3.8) is 0 Å². The zero-order chi connectivity index (χ0) is 14.9. The summed E-state index contributed by atoms with van der Waals surface area (Å²) in [5.74, 6) is -2.68. The highest BCUT2D eigenvalue weighted by atomic mass is 19.4. The van der Waals surface area contributed by atoms with Crippen LogP contribution >= 0.6 is 0 Å². The predicted octanol–water partition coefficient (Wildman–Crippen LogP) is 1.65. The summed E-state index contributed by atoms with van der Waals surface area (Å²) in [5, 5.41) is 8.83. The number of nitrogens with zero attached hydrogens (tertiary/aromatic N) is 2. The molecule has 1 aliphatic heterocycles. The lowest BCUT2D eigenvalue weighted by atomic mass is 10.1. The van der Waals surface area contributed by atoms with E-state index < -0.39 is 35.2 Å². The van der Waals surface area contributed by atoms with Crippen LogP contribution in [-0.4, -0.2) is 40.0 Å². The Hall–Kier alpha value is -2.12. The maximum Gasteiger partial charge on any atom is 0.418 e. The van der Waals surface area contributed by atoms with E-state index in [0.717, 1.165) is 23.2 Å². The first kappa shape index (κ1) is 14.3. The molecule has 0 bridgehead atoms. The second-order valence-corrected chi connectivity index (χ2v) is 4.47. The summed E-state index contributed by atoms with van der Waals surface area (Å²) in [5.41, 5.74) is -1.80. The van der Waals surface area contributed by atoms with Gasteiger partial charge < -0.3 is 10.0 Å². The van der Waals surface area contributed by atoms with Crippen molar-refractivity contribution >= 4 is 11.9 Å². The van der Waals surface area contributed by atoms with E-state index in [1.807, 2.05) is 0 Å². The molecule has 8 heteroatoms. The number of carboxylic acids is 1. The smallest absolute Gasteiger partial charge is 0.418 e. The average Bonchev–Trinajstić information content (AvgIpc) is 2.86. The molecule has 0 aromatic carbocycles. The quantitative estimate of drug-likeness (QED) is 0.898. The van der Waals surface area contributed by atoms with Crippen LogP contribution in [-0.2, 0) is 11.0 Å². The maximum atomic E-state index is 12.8. The Kier molecular flexibility index (Phi) is 3.65. The first-order valence-corrected chi connectivity index (χ1v) is 5.85. The van der Waals surface area contributed by atoms with Crippen molar-refractivity contribution in [2.45, 2.75) is 12.6 Å². The fourth-order valence-electron chi connectivity index (χ4n) is 2.10. The normalized spacial score (nSPS) is 19.1. The van der Waals surface area contributed by atoms with Crippen molar-refractivity contribution in [1.29, 1.82) is 0 Å². The minimum Gasteiger partial charge on any atom is -0.481 e. The number of aromatic nitrogens is 1. The zero-order valence-electron chi connectivity index (χ0n) is 10.2. The highest BCUT2D eigenvalue weighted by molar-refractivity contribution is 5.94. The molecular formula is C12H11F3N2O3. The number of pyridine rings is 1. The summed E-state index contributed by atoms with van der Waals surface area (Å²) >= 11 is 0. The van der Waals surface area contributed by atoms with Gasteiger partial charge in [-0.2, -0.15) is 13.2 Å². The van der Waals surface area contributed by atoms with Gasteiger partial charge in [0, 0.05) is 19.3 Å². The lowest BCUT2D eigenvalue weighted by Gasteiger charge is -2.18. The molecule has 0 spiro atoms. The van der Waals surface area contributed by atoms with E-state index in [4.69, 9.17) is 5.11 Å². The van der Waals surface area contributed by atoms with Crippen LogP contribution in [0.2, 0.25) is 0 Å². The Bertz CT molecular complexity index is 545. The third-order valence-electron chi connectivity index (χ3n) is 3.14. The van der Waals surface area contributed by atoms with Crippen molar-refractivity contribution in [1.82, 2.24) is 9.88 Å². The van der Waals surface area contributed by atoms with E-state index in [-0.39, 0.29) is 19.5 Å². The van der Waals surface area contributed by atoms with Crippen molar-refractivity contribution < 1.29 is 27.9 Å². The third-order valence-corrected chi connectivity index (χ3v) is 3.14. The number of amides is 1. The van der Waals surface area contributed by atoms with Crippen LogP contribution in [0.4, 0.5) is 13.2 Å². The number of carbonyl (C=O) groups excluding carboxylic acids is 1. The van der Waals surface area contributed by atoms with Gasteiger partial charge in [-0.1, -0.05) is 0 Å². The molecule has 108 valence electrons. The molecule has 1 N–H and O–H groups in total. The summed E-state index contributed by atoms with van der Waals surface area (Å²) in [6.07, 6.45) is -3.34. The van der Waals surface area contributed by atoms with E-state index in [2.05, 4.69) is 4.98 Å². The fraction of sp³-hybridized carbons (Fsp3) is 0.417. The number of rotatable bonds is 2. The summed E-state index contributed by atoms with van der Waals surface area (Å²) in [7, 11) is 0. The monoisotopic (exact) mass is 288 g/mol. The van der Waals surface area contributed by atoms with Gasteiger partial charge in [-0.15, -0.1) is 0 Å². The summed E-state index contributed by atoms with van der Waals surface area (Å²) in [6.45, 7) is 0.0196. The van der Waals surface area contributed by atoms with E-state index in [9.17, 15) is 22.8 Å². The van der Waals surface area contributed by atoms with Crippen LogP contribution in [0.5, 0.6) is 0 Å². The molecule has 1 aromatic heterocycles. The van der Waals surface area contributed by atoms with Gasteiger partial charge in [-0.25, -0.2) is 0 Å². The molecule has 1 saturated heterocycles. The molecule has 2 heterocycles. The Morgan fingerprint density at radius 3 is 2.65 bits per heavy atom. The second kappa shape index (κ2) is 5.10. The second-order valence-electron chi connectivity index (χ2n) is 4.47. The van der Waals surface area contributed by atoms with Crippen molar-refractivity contribution in [2.75, 3.05) is 13.1 Å². The first-order valence-electron chi connectivity index (χ1n) is 5.85. The molecule has 1 aromatic rings. The SMILES string of the molecule is O=C(O)C1CCN(C(=O)c2ncccc2C(F)(F)F)C1. The van der Waals surface area contributed by atoms with Gasteiger partial charge in [-0.3, -0.25) is 14.6 Å². The lowest BCUT2D eigenvalue weighted by molar-refractivity contribution is -0.141. The summed E-state index contributed by atoms with van der Waals surface area (Å²) < 4.78 is 38.4. The van der Waals surface area contributed by atoms with Gasteiger partial charge in [-0.05, 0) is 18.6 Å². The van der Waals surface area contributed by atoms with E-state index in [1.54, 1.807) is 0 Å². The molecule has 1 unspecified atom stereocenters. The molecule has 1 atom stereocenters. The Morgan fingerprint density at radius 1 is 1.40 bits per heavy atom. The molecule has 5 nitrogen and oxygen atoms in total. The fourth-order valence-corrected chi connectivity index (χ4v) is 2.10. The molecule has 2 rings (SSSR count). The van der Waals surface area contributed by atoms with Crippen LogP contribution in [0.15, 0.2) is 18.3 Å². The molecule has 0 aliphatic carbocycles. The Morgan fingerprint density at radius 2 is 2.10 bits per heavy atom. The molecule has 0 radical (unpaired) electrons. The number of likely N-dealkylation sites (tertiary alicyclic amines) is 1. The number of carboxylic acid groups (broad SMARTS) is 1. The van der Waals surface area contributed by atoms with Gasteiger partial charge in [0.15, 0.2) is 0 Å². The highest BCUT2D eigenvalue weighted by Gasteiger charge is 2.39.